The van der Waals surface area contributed by atoms with E-state index in [0.29, 0.717) is 12.0 Å². The second-order valence-corrected chi connectivity index (χ2v) is 4.43. The molecule has 1 aliphatic carbocycles. The van der Waals surface area contributed by atoms with Crippen molar-refractivity contribution in [3.63, 3.8) is 0 Å². The standard InChI is InChI=1S/C11H19N3/c1-8(9(2)12-10-4-5-10)11-6-7-14(3)13-11/h6-10,12H,4-5H2,1-3H3. The van der Waals surface area contributed by atoms with E-state index < -0.39 is 0 Å². The summed E-state index contributed by atoms with van der Waals surface area (Å²) in [5.41, 5.74) is 1.19. The lowest BCUT2D eigenvalue weighted by Crippen LogP contribution is -2.32. The summed E-state index contributed by atoms with van der Waals surface area (Å²) in [4.78, 5) is 0. The Morgan fingerprint density at radius 2 is 2.21 bits per heavy atom. The molecule has 1 aliphatic rings. The first-order valence-corrected chi connectivity index (χ1v) is 5.42. The highest BCUT2D eigenvalue weighted by Gasteiger charge is 2.26. The molecule has 1 heterocycles. The van der Waals surface area contributed by atoms with Gasteiger partial charge in [-0.1, -0.05) is 6.92 Å². The van der Waals surface area contributed by atoms with Gasteiger partial charge in [0.15, 0.2) is 0 Å². The Bertz CT molecular complexity index is 301. The van der Waals surface area contributed by atoms with Gasteiger partial charge < -0.3 is 5.32 Å². The molecule has 0 aliphatic heterocycles. The molecule has 14 heavy (non-hydrogen) atoms. The van der Waals surface area contributed by atoms with Crippen LogP contribution in [0.15, 0.2) is 12.3 Å². The van der Waals surface area contributed by atoms with Crippen LogP contribution in [0.3, 0.4) is 0 Å². The molecule has 2 unspecified atom stereocenters. The minimum Gasteiger partial charge on any atom is -0.311 e. The largest absolute Gasteiger partial charge is 0.311 e. The van der Waals surface area contributed by atoms with Crippen molar-refractivity contribution in [2.24, 2.45) is 7.05 Å². The zero-order valence-electron chi connectivity index (χ0n) is 9.20. The maximum atomic E-state index is 4.44. The Labute approximate surface area is 85.5 Å². The number of aryl methyl sites for hydroxylation is 1. The highest BCUT2D eigenvalue weighted by atomic mass is 15.2. The van der Waals surface area contributed by atoms with Gasteiger partial charge >= 0.3 is 0 Å². The van der Waals surface area contributed by atoms with E-state index in [1.807, 2.05) is 17.9 Å². The van der Waals surface area contributed by atoms with E-state index in [2.05, 4.69) is 30.3 Å². The summed E-state index contributed by atoms with van der Waals surface area (Å²) in [6.45, 7) is 4.49. The zero-order valence-corrected chi connectivity index (χ0v) is 9.20. The minimum atomic E-state index is 0.497. The third-order valence-corrected chi connectivity index (χ3v) is 3.03. The van der Waals surface area contributed by atoms with E-state index in [9.17, 15) is 0 Å². The fourth-order valence-corrected chi connectivity index (χ4v) is 1.70. The molecule has 0 spiro atoms. The summed E-state index contributed by atoms with van der Waals surface area (Å²) in [5.74, 6) is 0.497. The molecule has 3 nitrogen and oxygen atoms in total. The van der Waals surface area contributed by atoms with Crippen molar-refractivity contribution < 1.29 is 0 Å². The summed E-state index contributed by atoms with van der Waals surface area (Å²) < 4.78 is 1.87. The third kappa shape index (κ3) is 2.15. The van der Waals surface area contributed by atoms with Gasteiger partial charge in [-0.2, -0.15) is 5.10 Å². The van der Waals surface area contributed by atoms with Crippen LogP contribution in [0, 0.1) is 0 Å². The number of rotatable bonds is 4. The van der Waals surface area contributed by atoms with Crippen LogP contribution in [0.5, 0.6) is 0 Å². The number of hydrogen-bond acceptors (Lipinski definition) is 2. The quantitative estimate of drug-likeness (QED) is 0.788. The molecule has 0 saturated heterocycles. The first kappa shape index (κ1) is 9.71. The van der Waals surface area contributed by atoms with Crippen molar-refractivity contribution in [2.75, 3.05) is 0 Å². The molecule has 1 aromatic rings. The predicted octanol–water partition coefficient (Wildman–Crippen LogP) is 1.66. The molecule has 0 bridgehead atoms. The molecule has 1 N–H and O–H groups in total. The fourth-order valence-electron chi connectivity index (χ4n) is 1.70. The highest BCUT2D eigenvalue weighted by Crippen LogP contribution is 2.23. The Hall–Kier alpha value is -0.830. The monoisotopic (exact) mass is 193 g/mol. The summed E-state index contributed by atoms with van der Waals surface area (Å²) in [7, 11) is 1.97. The van der Waals surface area contributed by atoms with Gasteiger partial charge in [0.2, 0.25) is 0 Å². The van der Waals surface area contributed by atoms with E-state index in [0.717, 1.165) is 6.04 Å². The van der Waals surface area contributed by atoms with E-state index in [-0.39, 0.29) is 0 Å². The Morgan fingerprint density at radius 3 is 2.71 bits per heavy atom. The topological polar surface area (TPSA) is 29.9 Å². The maximum Gasteiger partial charge on any atom is 0.0668 e. The normalized spacial score (nSPS) is 20.8. The van der Waals surface area contributed by atoms with Crippen molar-refractivity contribution in [3.8, 4) is 0 Å². The molecule has 78 valence electrons. The lowest BCUT2D eigenvalue weighted by molar-refractivity contribution is 0.468. The SMILES string of the molecule is CC(NC1CC1)C(C)c1ccn(C)n1. The summed E-state index contributed by atoms with van der Waals surface area (Å²) in [5, 5.41) is 8.05. The molecular weight excluding hydrogens is 174 g/mol. The van der Waals surface area contributed by atoms with Gasteiger partial charge in [-0.3, -0.25) is 4.68 Å². The molecule has 0 aromatic carbocycles. The molecular formula is C11H19N3. The van der Waals surface area contributed by atoms with Crippen molar-refractivity contribution in [1.82, 2.24) is 15.1 Å². The van der Waals surface area contributed by atoms with Gasteiger partial charge in [0.25, 0.3) is 0 Å². The molecule has 2 atom stereocenters. The molecule has 1 fully saturated rings. The second kappa shape index (κ2) is 3.73. The average Bonchev–Trinajstić information content (AvgIpc) is 2.85. The minimum absolute atomic E-state index is 0.497. The highest BCUT2D eigenvalue weighted by molar-refractivity contribution is 5.08. The van der Waals surface area contributed by atoms with Crippen LogP contribution < -0.4 is 5.32 Å². The van der Waals surface area contributed by atoms with Gasteiger partial charge in [0, 0.05) is 31.2 Å². The smallest absolute Gasteiger partial charge is 0.0668 e. The summed E-state index contributed by atoms with van der Waals surface area (Å²) >= 11 is 0. The van der Waals surface area contributed by atoms with Crippen molar-refractivity contribution in [1.29, 1.82) is 0 Å². The number of aromatic nitrogens is 2. The lowest BCUT2D eigenvalue weighted by atomic mass is 10.00. The van der Waals surface area contributed by atoms with Gasteiger partial charge in [-0.25, -0.2) is 0 Å². The van der Waals surface area contributed by atoms with Crippen LogP contribution in [0.25, 0.3) is 0 Å². The predicted molar refractivity (Wildman–Crippen MR) is 57.2 cm³/mol. The van der Waals surface area contributed by atoms with E-state index in [1.54, 1.807) is 0 Å². The first-order valence-electron chi connectivity index (χ1n) is 5.42. The second-order valence-electron chi connectivity index (χ2n) is 4.43. The third-order valence-electron chi connectivity index (χ3n) is 3.03. The van der Waals surface area contributed by atoms with Crippen molar-refractivity contribution >= 4 is 0 Å². The lowest BCUT2D eigenvalue weighted by Gasteiger charge is -2.19. The Morgan fingerprint density at radius 1 is 1.50 bits per heavy atom. The maximum absolute atomic E-state index is 4.44. The molecule has 2 rings (SSSR count). The molecule has 1 aromatic heterocycles. The van der Waals surface area contributed by atoms with E-state index >= 15 is 0 Å². The average molecular weight is 193 g/mol. The summed E-state index contributed by atoms with van der Waals surface area (Å²) in [6, 6.07) is 3.41. The number of hydrogen-bond donors (Lipinski definition) is 1. The fraction of sp³-hybridized carbons (Fsp3) is 0.727. The molecule has 0 radical (unpaired) electrons. The number of nitrogens with zero attached hydrogens (tertiary/aromatic N) is 2. The van der Waals surface area contributed by atoms with E-state index in [1.165, 1.54) is 18.5 Å². The molecule has 3 heteroatoms. The van der Waals surface area contributed by atoms with Gasteiger partial charge in [0.1, 0.15) is 0 Å². The molecule has 0 amide bonds. The Kier molecular flexibility index (Phi) is 2.59. The number of nitrogens with one attached hydrogen (secondary N) is 1. The van der Waals surface area contributed by atoms with Crippen LogP contribution >= 0.6 is 0 Å². The first-order chi connectivity index (χ1) is 6.66. The van der Waals surface area contributed by atoms with Gasteiger partial charge in [-0.15, -0.1) is 0 Å². The van der Waals surface area contributed by atoms with Crippen LogP contribution in [-0.2, 0) is 7.05 Å². The van der Waals surface area contributed by atoms with Crippen LogP contribution in [0.4, 0.5) is 0 Å². The van der Waals surface area contributed by atoms with Crippen molar-refractivity contribution in [3.05, 3.63) is 18.0 Å². The summed E-state index contributed by atoms with van der Waals surface area (Å²) in [6.07, 6.45) is 4.70. The van der Waals surface area contributed by atoms with Gasteiger partial charge in [0.05, 0.1) is 5.69 Å². The van der Waals surface area contributed by atoms with Crippen LogP contribution in [0.2, 0.25) is 0 Å². The Balaban J connectivity index is 1.95. The van der Waals surface area contributed by atoms with Gasteiger partial charge in [-0.05, 0) is 25.8 Å². The van der Waals surface area contributed by atoms with Crippen LogP contribution in [-0.4, -0.2) is 21.9 Å². The van der Waals surface area contributed by atoms with E-state index in [4.69, 9.17) is 0 Å². The zero-order chi connectivity index (χ0) is 10.1. The van der Waals surface area contributed by atoms with Crippen LogP contribution in [0.1, 0.15) is 38.3 Å². The molecule has 1 saturated carbocycles. The van der Waals surface area contributed by atoms with Crippen molar-refractivity contribution in [2.45, 2.75) is 44.7 Å².